The van der Waals surface area contributed by atoms with Crippen LogP contribution in [0.15, 0.2) is 24.3 Å². The number of nitrogens with one attached hydrogen (secondary N) is 3. The molecule has 0 bridgehead atoms. The topological polar surface area (TPSA) is 79.5 Å². The van der Waals surface area contributed by atoms with Crippen LogP contribution in [-0.2, 0) is 9.53 Å². The number of hydrogen-bond donors (Lipinski definition) is 3. The Morgan fingerprint density at radius 3 is 2.48 bits per heavy atom. The van der Waals surface area contributed by atoms with E-state index in [1.165, 1.54) is 7.11 Å². The van der Waals surface area contributed by atoms with Crippen LogP contribution in [0.4, 0.5) is 16.2 Å². The summed E-state index contributed by atoms with van der Waals surface area (Å²) in [5, 5.41) is 8.73. The van der Waals surface area contributed by atoms with Gasteiger partial charge in [0.1, 0.15) is 0 Å². The number of rotatable bonds is 4. The molecule has 0 radical (unpaired) electrons. The van der Waals surface area contributed by atoms with Gasteiger partial charge in [-0.2, -0.15) is 0 Å². The third kappa shape index (κ3) is 5.07. The number of benzene rings is 1. The molecule has 3 N–H and O–H groups in total. The average molecular weight is 291 g/mol. The van der Waals surface area contributed by atoms with Crippen molar-refractivity contribution in [3.05, 3.63) is 24.3 Å². The average Bonchev–Trinajstić information content (AvgIpc) is 2.50. The van der Waals surface area contributed by atoms with E-state index in [-0.39, 0.29) is 5.91 Å². The molecule has 0 saturated carbocycles. The second-order valence-corrected chi connectivity index (χ2v) is 5.16. The summed E-state index contributed by atoms with van der Waals surface area (Å²) >= 11 is 0. The summed E-state index contributed by atoms with van der Waals surface area (Å²) in [7, 11) is 1.31. The van der Waals surface area contributed by atoms with Crippen LogP contribution in [0, 0.1) is 5.92 Å². The van der Waals surface area contributed by atoms with E-state index in [1.54, 1.807) is 24.3 Å². The van der Waals surface area contributed by atoms with E-state index in [0.29, 0.717) is 18.0 Å². The molecule has 0 spiro atoms. The van der Waals surface area contributed by atoms with E-state index in [4.69, 9.17) is 0 Å². The molecule has 1 heterocycles. The van der Waals surface area contributed by atoms with Gasteiger partial charge >= 0.3 is 6.09 Å². The molecular formula is C15H21N3O3. The number of amides is 2. The Morgan fingerprint density at radius 2 is 1.90 bits per heavy atom. The van der Waals surface area contributed by atoms with Gasteiger partial charge in [-0.1, -0.05) is 0 Å². The Bertz CT molecular complexity index is 481. The molecule has 0 aliphatic carbocycles. The van der Waals surface area contributed by atoms with E-state index in [2.05, 4.69) is 20.7 Å². The summed E-state index contributed by atoms with van der Waals surface area (Å²) in [4.78, 5) is 23.0. The maximum Gasteiger partial charge on any atom is 0.411 e. The summed E-state index contributed by atoms with van der Waals surface area (Å²) in [6.45, 7) is 1.96. The van der Waals surface area contributed by atoms with Gasteiger partial charge in [-0.25, -0.2) is 4.79 Å². The smallest absolute Gasteiger partial charge is 0.411 e. The van der Waals surface area contributed by atoms with Gasteiger partial charge < -0.3 is 15.4 Å². The van der Waals surface area contributed by atoms with Gasteiger partial charge in [0.15, 0.2) is 0 Å². The predicted molar refractivity (Wildman–Crippen MR) is 81.3 cm³/mol. The maximum absolute atomic E-state index is 12.0. The largest absolute Gasteiger partial charge is 0.453 e. The van der Waals surface area contributed by atoms with Crippen LogP contribution < -0.4 is 16.0 Å². The molecule has 2 rings (SSSR count). The van der Waals surface area contributed by atoms with Crippen LogP contribution >= 0.6 is 0 Å². The fourth-order valence-corrected chi connectivity index (χ4v) is 2.38. The Morgan fingerprint density at radius 1 is 1.24 bits per heavy atom. The third-order valence-electron chi connectivity index (χ3n) is 3.47. The molecule has 114 valence electrons. The molecule has 1 aromatic rings. The zero-order chi connectivity index (χ0) is 15.1. The number of methoxy groups -OCH3 is 1. The van der Waals surface area contributed by atoms with E-state index in [1.807, 2.05) is 0 Å². The molecule has 1 aliphatic heterocycles. The van der Waals surface area contributed by atoms with E-state index in [0.717, 1.165) is 31.6 Å². The molecule has 1 saturated heterocycles. The number of hydrogen-bond acceptors (Lipinski definition) is 4. The zero-order valence-electron chi connectivity index (χ0n) is 12.1. The molecule has 0 aromatic heterocycles. The second kappa shape index (κ2) is 7.64. The first-order valence-electron chi connectivity index (χ1n) is 7.13. The molecule has 1 aliphatic rings. The Balaban J connectivity index is 1.81. The number of ether oxygens (including phenoxy) is 1. The lowest BCUT2D eigenvalue weighted by atomic mass is 9.96. The van der Waals surface area contributed by atoms with Crippen molar-refractivity contribution in [1.29, 1.82) is 0 Å². The standard InChI is InChI=1S/C15H21N3O3/c1-21-15(20)18-13-6-4-12(5-7-13)17-14(19)9-11-3-2-8-16-10-11/h4-7,11,16H,2-3,8-10H2,1H3,(H,17,19)(H,18,20). The first kappa shape index (κ1) is 15.3. The molecule has 21 heavy (non-hydrogen) atoms. The van der Waals surface area contributed by atoms with Gasteiger partial charge in [-0.05, 0) is 56.1 Å². The van der Waals surface area contributed by atoms with Crippen LogP contribution in [0.5, 0.6) is 0 Å². The first-order valence-corrected chi connectivity index (χ1v) is 7.13. The SMILES string of the molecule is COC(=O)Nc1ccc(NC(=O)CC2CCCNC2)cc1. The normalized spacial score (nSPS) is 17.9. The number of carbonyl (C=O) groups is 2. The van der Waals surface area contributed by atoms with Crippen molar-refractivity contribution in [2.24, 2.45) is 5.92 Å². The Labute approximate surface area is 124 Å². The predicted octanol–water partition coefficient (Wildman–Crippen LogP) is 2.19. The number of anilines is 2. The molecule has 1 atom stereocenters. The van der Waals surface area contributed by atoms with Crippen molar-refractivity contribution < 1.29 is 14.3 Å². The molecule has 6 nitrogen and oxygen atoms in total. The highest BCUT2D eigenvalue weighted by Crippen LogP contribution is 2.17. The van der Waals surface area contributed by atoms with Crippen molar-refractivity contribution in [3.63, 3.8) is 0 Å². The van der Waals surface area contributed by atoms with Gasteiger partial charge in [0.2, 0.25) is 5.91 Å². The molecule has 1 unspecified atom stereocenters. The molecule has 1 aromatic carbocycles. The summed E-state index contributed by atoms with van der Waals surface area (Å²) < 4.78 is 4.51. The van der Waals surface area contributed by atoms with Crippen molar-refractivity contribution in [3.8, 4) is 0 Å². The van der Waals surface area contributed by atoms with Crippen molar-refractivity contribution >= 4 is 23.4 Å². The summed E-state index contributed by atoms with van der Waals surface area (Å²) in [6, 6.07) is 6.94. The first-order chi connectivity index (χ1) is 10.2. The van der Waals surface area contributed by atoms with Crippen molar-refractivity contribution in [1.82, 2.24) is 5.32 Å². The fraction of sp³-hybridized carbons (Fsp3) is 0.467. The zero-order valence-corrected chi connectivity index (χ0v) is 12.1. The number of carbonyl (C=O) groups excluding carboxylic acids is 2. The van der Waals surface area contributed by atoms with Gasteiger partial charge in [-0.3, -0.25) is 10.1 Å². The summed E-state index contributed by atoms with van der Waals surface area (Å²) in [5.74, 6) is 0.441. The van der Waals surface area contributed by atoms with E-state index in [9.17, 15) is 9.59 Å². The van der Waals surface area contributed by atoms with Crippen LogP contribution in [0.25, 0.3) is 0 Å². The Hall–Kier alpha value is -2.08. The maximum atomic E-state index is 12.0. The monoisotopic (exact) mass is 291 g/mol. The lowest BCUT2D eigenvalue weighted by molar-refractivity contribution is -0.117. The lowest BCUT2D eigenvalue weighted by Crippen LogP contribution is -2.32. The van der Waals surface area contributed by atoms with E-state index < -0.39 is 6.09 Å². The summed E-state index contributed by atoms with van der Waals surface area (Å²) in [6.07, 6.45) is 2.25. The van der Waals surface area contributed by atoms with Crippen LogP contribution in [0.1, 0.15) is 19.3 Å². The van der Waals surface area contributed by atoms with Gasteiger partial charge in [0.05, 0.1) is 7.11 Å². The van der Waals surface area contributed by atoms with Crippen LogP contribution in [0.2, 0.25) is 0 Å². The van der Waals surface area contributed by atoms with Gasteiger partial charge in [-0.15, -0.1) is 0 Å². The minimum Gasteiger partial charge on any atom is -0.453 e. The Kier molecular flexibility index (Phi) is 5.57. The summed E-state index contributed by atoms with van der Waals surface area (Å²) in [5.41, 5.74) is 1.34. The fourth-order valence-electron chi connectivity index (χ4n) is 2.38. The van der Waals surface area contributed by atoms with Gasteiger partial charge in [0, 0.05) is 17.8 Å². The lowest BCUT2D eigenvalue weighted by Gasteiger charge is -2.22. The quantitative estimate of drug-likeness (QED) is 0.794. The third-order valence-corrected chi connectivity index (χ3v) is 3.47. The minimum absolute atomic E-state index is 0.0253. The van der Waals surface area contributed by atoms with Crippen molar-refractivity contribution in [2.45, 2.75) is 19.3 Å². The van der Waals surface area contributed by atoms with Crippen LogP contribution in [0.3, 0.4) is 0 Å². The highest BCUT2D eigenvalue weighted by molar-refractivity contribution is 5.91. The van der Waals surface area contributed by atoms with E-state index >= 15 is 0 Å². The van der Waals surface area contributed by atoms with Gasteiger partial charge in [0.25, 0.3) is 0 Å². The van der Waals surface area contributed by atoms with Crippen LogP contribution in [-0.4, -0.2) is 32.2 Å². The molecular weight excluding hydrogens is 270 g/mol. The molecule has 6 heteroatoms. The highest BCUT2D eigenvalue weighted by Gasteiger charge is 2.16. The second-order valence-electron chi connectivity index (χ2n) is 5.16. The highest BCUT2D eigenvalue weighted by atomic mass is 16.5. The minimum atomic E-state index is -0.517. The number of piperidine rings is 1. The molecule has 2 amide bonds. The molecule has 1 fully saturated rings. The van der Waals surface area contributed by atoms with Crippen molar-refractivity contribution in [2.75, 3.05) is 30.8 Å².